The van der Waals surface area contributed by atoms with Gasteiger partial charge < -0.3 is 4.42 Å². The summed E-state index contributed by atoms with van der Waals surface area (Å²) in [5.74, 6) is 0.555. The molecule has 3 aromatic rings. The SMILES string of the molecule is Cn1cnc2c(oc3nc(C4CCCCC4)c4c(c32)CCC4)c1=O. The normalized spacial score (nSPS) is 18.5. The van der Waals surface area contributed by atoms with Gasteiger partial charge in [0.1, 0.15) is 5.52 Å². The smallest absolute Gasteiger partial charge is 0.296 e. The third-order valence-corrected chi connectivity index (χ3v) is 5.78. The van der Waals surface area contributed by atoms with Crippen LogP contribution in [0.1, 0.15) is 61.3 Å². The van der Waals surface area contributed by atoms with E-state index in [1.54, 1.807) is 13.4 Å². The van der Waals surface area contributed by atoms with Gasteiger partial charge in [-0.3, -0.25) is 9.36 Å². The second-order valence-electron chi connectivity index (χ2n) is 7.26. The van der Waals surface area contributed by atoms with Gasteiger partial charge in [0.25, 0.3) is 5.56 Å². The van der Waals surface area contributed by atoms with Crippen LogP contribution in [0, 0.1) is 0 Å². The van der Waals surface area contributed by atoms with Crippen molar-refractivity contribution in [1.29, 1.82) is 0 Å². The molecular weight excluding hydrogens is 302 g/mol. The molecule has 3 aromatic heterocycles. The first-order valence-corrected chi connectivity index (χ1v) is 9.03. The number of pyridine rings is 1. The van der Waals surface area contributed by atoms with Crippen molar-refractivity contribution in [1.82, 2.24) is 14.5 Å². The molecule has 5 nitrogen and oxygen atoms in total. The molecule has 1 saturated carbocycles. The number of hydrogen-bond donors (Lipinski definition) is 0. The van der Waals surface area contributed by atoms with E-state index in [1.165, 1.54) is 53.5 Å². The molecule has 0 aromatic carbocycles. The van der Waals surface area contributed by atoms with Gasteiger partial charge in [-0.1, -0.05) is 19.3 Å². The zero-order valence-corrected chi connectivity index (χ0v) is 14.0. The Balaban J connectivity index is 1.83. The summed E-state index contributed by atoms with van der Waals surface area (Å²) in [7, 11) is 1.70. The number of nitrogens with zero attached hydrogens (tertiary/aromatic N) is 3. The van der Waals surface area contributed by atoms with Crippen LogP contribution in [0.2, 0.25) is 0 Å². The lowest BCUT2D eigenvalue weighted by Crippen LogP contribution is -2.15. The lowest BCUT2D eigenvalue weighted by atomic mass is 9.84. The molecule has 0 spiro atoms. The van der Waals surface area contributed by atoms with Crippen LogP contribution in [0.5, 0.6) is 0 Å². The fourth-order valence-electron chi connectivity index (χ4n) is 4.58. The van der Waals surface area contributed by atoms with E-state index in [0.717, 1.165) is 24.6 Å². The maximum absolute atomic E-state index is 12.4. The van der Waals surface area contributed by atoms with Crippen molar-refractivity contribution in [2.24, 2.45) is 7.05 Å². The fraction of sp³-hybridized carbons (Fsp3) is 0.526. The van der Waals surface area contributed by atoms with Crippen LogP contribution < -0.4 is 5.56 Å². The van der Waals surface area contributed by atoms with Gasteiger partial charge in [0.2, 0.25) is 11.3 Å². The number of aryl methyl sites for hydroxylation is 2. The number of furan rings is 1. The van der Waals surface area contributed by atoms with Gasteiger partial charge in [-0.05, 0) is 43.2 Å². The maximum atomic E-state index is 12.4. The average molecular weight is 323 g/mol. The Bertz CT molecular complexity index is 1010. The third-order valence-electron chi connectivity index (χ3n) is 5.78. The number of aromatic nitrogens is 3. The van der Waals surface area contributed by atoms with Gasteiger partial charge >= 0.3 is 0 Å². The molecule has 5 heteroatoms. The van der Waals surface area contributed by atoms with Gasteiger partial charge in [-0.15, -0.1) is 0 Å². The summed E-state index contributed by atoms with van der Waals surface area (Å²) in [6, 6.07) is 0. The fourth-order valence-corrected chi connectivity index (χ4v) is 4.58. The molecule has 3 heterocycles. The monoisotopic (exact) mass is 323 g/mol. The molecule has 0 unspecified atom stereocenters. The van der Waals surface area contributed by atoms with Gasteiger partial charge in [0, 0.05) is 13.0 Å². The van der Waals surface area contributed by atoms with Crippen LogP contribution in [-0.4, -0.2) is 14.5 Å². The Hall–Kier alpha value is -2.17. The van der Waals surface area contributed by atoms with Crippen LogP contribution in [-0.2, 0) is 19.9 Å². The summed E-state index contributed by atoms with van der Waals surface area (Å²) < 4.78 is 7.38. The van der Waals surface area contributed by atoms with Crippen molar-refractivity contribution >= 4 is 22.2 Å². The molecule has 1 fully saturated rings. The Kier molecular flexibility index (Phi) is 3.05. The lowest BCUT2D eigenvalue weighted by molar-refractivity contribution is 0.434. The van der Waals surface area contributed by atoms with E-state index >= 15 is 0 Å². The molecule has 5 rings (SSSR count). The van der Waals surface area contributed by atoms with Crippen molar-refractivity contribution in [3.63, 3.8) is 0 Å². The standard InChI is InChI=1S/C19H21N3O2/c1-22-10-20-16-14-12-8-5-9-13(12)15(11-6-3-2-4-7-11)21-18(14)24-17(16)19(22)23/h10-11H,2-9H2,1H3. The zero-order chi connectivity index (χ0) is 16.3. The highest BCUT2D eigenvalue weighted by Gasteiger charge is 2.29. The summed E-state index contributed by atoms with van der Waals surface area (Å²) in [5.41, 5.74) is 5.50. The topological polar surface area (TPSA) is 60.9 Å². The molecule has 0 aliphatic heterocycles. The predicted molar refractivity (Wildman–Crippen MR) is 92.4 cm³/mol. The van der Waals surface area contributed by atoms with E-state index in [1.807, 2.05) is 0 Å². The van der Waals surface area contributed by atoms with Crippen molar-refractivity contribution < 1.29 is 4.42 Å². The molecular formula is C19H21N3O2. The second kappa shape index (κ2) is 5.16. The molecule has 0 saturated heterocycles. The number of fused-ring (bicyclic) bond motifs is 5. The van der Waals surface area contributed by atoms with E-state index in [2.05, 4.69) is 4.98 Å². The minimum absolute atomic E-state index is 0.135. The first-order valence-electron chi connectivity index (χ1n) is 9.03. The molecule has 0 radical (unpaired) electrons. The Morgan fingerprint density at radius 2 is 1.92 bits per heavy atom. The summed E-state index contributed by atoms with van der Waals surface area (Å²) in [6.07, 6.45) is 11.3. The minimum atomic E-state index is -0.135. The summed E-state index contributed by atoms with van der Waals surface area (Å²) in [4.78, 5) is 21.8. The van der Waals surface area contributed by atoms with E-state index in [9.17, 15) is 4.79 Å². The Morgan fingerprint density at radius 3 is 2.75 bits per heavy atom. The first kappa shape index (κ1) is 14.2. The maximum Gasteiger partial charge on any atom is 0.296 e. The van der Waals surface area contributed by atoms with Gasteiger partial charge in [0.05, 0.1) is 17.4 Å². The van der Waals surface area contributed by atoms with Crippen molar-refractivity contribution in [3.8, 4) is 0 Å². The quantitative estimate of drug-likeness (QED) is 0.686. The van der Waals surface area contributed by atoms with Gasteiger partial charge in [-0.25, -0.2) is 9.97 Å². The van der Waals surface area contributed by atoms with Crippen LogP contribution >= 0.6 is 0 Å². The molecule has 0 N–H and O–H groups in total. The van der Waals surface area contributed by atoms with Crippen LogP contribution in [0.25, 0.3) is 22.2 Å². The Morgan fingerprint density at radius 1 is 1.12 bits per heavy atom. The first-order chi connectivity index (χ1) is 11.7. The highest BCUT2D eigenvalue weighted by Crippen LogP contribution is 2.41. The number of hydrogen-bond acceptors (Lipinski definition) is 4. The molecule has 0 amide bonds. The molecule has 2 aliphatic rings. The van der Waals surface area contributed by atoms with Crippen LogP contribution in [0.4, 0.5) is 0 Å². The number of rotatable bonds is 1. The molecule has 24 heavy (non-hydrogen) atoms. The molecule has 0 bridgehead atoms. The lowest BCUT2D eigenvalue weighted by Gasteiger charge is -2.23. The van der Waals surface area contributed by atoms with Gasteiger partial charge in [-0.2, -0.15) is 0 Å². The van der Waals surface area contributed by atoms with Crippen LogP contribution in [0.3, 0.4) is 0 Å². The van der Waals surface area contributed by atoms with Gasteiger partial charge in [0.15, 0.2) is 0 Å². The predicted octanol–water partition coefficient (Wildman–Crippen LogP) is 3.61. The summed E-state index contributed by atoms with van der Waals surface area (Å²) in [5, 5.41) is 0.981. The minimum Gasteiger partial charge on any atom is -0.430 e. The van der Waals surface area contributed by atoms with E-state index in [4.69, 9.17) is 9.40 Å². The third kappa shape index (κ3) is 1.90. The summed E-state index contributed by atoms with van der Waals surface area (Å²) >= 11 is 0. The molecule has 124 valence electrons. The summed E-state index contributed by atoms with van der Waals surface area (Å²) in [6.45, 7) is 0. The largest absolute Gasteiger partial charge is 0.430 e. The highest BCUT2D eigenvalue weighted by molar-refractivity contribution is 6.03. The van der Waals surface area contributed by atoms with E-state index in [-0.39, 0.29) is 5.56 Å². The highest BCUT2D eigenvalue weighted by atomic mass is 16.3. The average Bonchev–Trinajstić information content (AvgIpc) is 3.22. The van der Waals surface area contributed by atoms with Crippen molar-refractivity contribution in [2.75, 3.05) is 0 Å². The molecule has 2 aliphatic carbocycles. The zero-order valence-electron chi connectivity index (χ0n) is 14.0. The Labute approximate surface area is 139 Å². The van der Waals surface area contributed by atoms with E-state index in [0.29, 0.717) is 22.7 Å². The molecule has 0 atom stereocenters. The van der Waals surface area contributed by atoms with E-state index < -0.39 is 0 Å². The van der Waals surface area contributed by atoms with Crippen LogP contribution in [0.15, 0.2) is 15.5 Å². The second-order valence-corrected chi connectivity index (χ2v) is 7.26. The van der Waals surface area contributed by atoms with Crippen molar-refractivity contribution in [3.05, 3.63) is 33.5 Å². The van der Waals surface area contributed by atoms with Crippen molar-refractivity contribution in [2.45, 2.75) is 57.3 Å².